The number of nitrogens with one attached hydrogen (secondary N) is 1. The van der Waals surface area contributed by atoms with E-state index in [1.807, 2.05) is 36.3 Å². The molecule has 0 saturated carbocycles. The van der Waals surface area contributed by atoms with Crippen LogP contribution in [0, 0.1) is 4.91 Å². The number of nitroso groups, excluding NO2 is 1. The Morgan fingerprint density at radius 3 is 2.09 bits per heavy atom. The summed E-state index contributed by atoms with van der Waals surface area (Å²) in [6, 6.07) is 7.28. The fourth-order valence-electron chi connectivity index (χ4n) is 0.828. The van der Waals surface area contributed by atoms with Crippen molar-refractivity contribution in [1.29, 1.82) is 0 Å². The summed E-state index contributed by atoms with van der Waals surface area (Å²) in [6.45, 7) is 0. The summed E-state index contributed by atoms with van der Waals surface area (Å²) in [5.74, 6) is 0. The molecule has 1 aromatic rings. The van der Waals surface area contributed by atoms with Gasteiger partial charge >= 0.3 is 0 Å². The third-order valence-electron chi connectivity index (χ3n) is 1.50. The largest absolute Gasteiger partial charge is 0.378 e. The number of rotatable bonds is 2. The van der Waals surface area contributed by atoms with E-state index in [0.717, 1.165) is 5.69 Å². The molecule has 0 spiro atoms. The normalized spacial score (nSPS) is 9.27. The van der Waals surface area contributed by atoms with Gasteiger partial charge in [-0.25, -0.2) is 0 Å². The SMILES string of the molecule is CN(C)c1ccc([NH+]=O)cc1. The molecule has 0 aromatic heterocycles. The van der Waals surface area contributed by atoms with Gasteiger partial charge in [-0.3, -0.25) is 0 Å². The molecule has 0 unspecified atom stereocenters. The van der Waals surface area contributed by atoms with E-state index in [-0.39, 0.29) is 0 Å². The Morgan fingerprint density at radius 2 is 1.73 bits per heavy atom. The molecular weight excluding hydrogens is 140 g/mol. The molecule has 0 radical (unpaired) electrons. The number of hydrogen-bond acceptors (Lipinski definition) is 2. The standard InChI is InChI=1S/C8H10N2O/c1-10(2)8-5-3-7(9-11)4-6-8/h3-6H,1-2H3/p+1. The van der Waals surface area contributed by atoms with Gasteiger partial charge in [-0.1, -0.05) is 0 Å². The topological polar surface area (TPSA) is 34.3 Å². The highest BCUT2D eigenvalue weighted by molar-refractivity contribution is 5.49. The van der Waals surface area contributed by atoms with E-state index >= 15 is 0 Å². The molecule has 0 heterocycles. The summed E-state index contributed by atoms with van der Waals surface area (Å²) < 4.78 is 0. The zero-order valence-corrected chi connectivity index (χ0v) is 6.66. The second kappa shape index (κ2) is 3.14. The van der Waals surface area contributed by atoms with Crippen LogP contribution in [-0.2, 0) is 0 Å². The van der Waals surface area contributed by atoms with Crippen LogP contribution in [0.3, 0.4) is 0 Å². The first-order valence-electron chi connectivity index (χ1n) is 3.39. The molecule has 1 rings (SSSR count). The molecule has 3 heteroatoms. The van der Waals surface area contributed by atoms with Crippen molar-refractivity contribution in [2.75, 3.05) is 19.0 Å². The Morgan fingerprint density at radius 1 is 1.18 bits per heavy atom. The Hall–Kier alpha value is -1.38. The summed E-state index contributed by atoms with van der Waals surface area (Å²) in [4.78, 5) is 12.1. The monoisotopic (exact) mass is 151 g/mol. The molecule has 1 N–H and O–H groups in total. The second-order valence-electron chi connectivity index (χ2n) is 2.54. The molecule has 0 atom stereocenters. The van der Waals surface area contributed by atoms with Crippen LogP contribution in [0.5, 0.6) is 0 Å². The van der Waals surface area contributed by atoms with Crippen LogP contribution < -0.4 is 10.1 Å². The zero-order chi connectivity index (χ0) is 8.27. The van der Waals surface area contributed by atoms with E-state index in [9.17, 15) is 4.91 Å². The quantitative estimate of drug-likeness (QED) is 0.656. The van der Waals surface area contributed by atoms with Crippen LogP contribution in [0.15, 0.2) is 24.3 Å². The van der Waals surface area contributed by atoms with Gasteiger partial charge in [-0.05, 0) is 12.1 Å². The minimum Gasteiger partial charge on any atom is -0.378 e. The molecule has 0 saturated heterocycles. The summed E-state index contributed by atoms with van der Waals surface area (Å²) in [7, 11) is 3.92. The van der Waals surface area contributed by atoms with Gasteiger partial charge in [0.25, 0.3) is 5.69 Å². The lowest BCUT2D eigenvalue weighted by molar-refractivity contribution is -0.379. The van der Waals surface area contributed by atoms with Gasteiger partial charge < -0.3 is 4.90 Å². The summed E-state index contributed by atoms with van der Waals surface area (Å²) in [5.41, 5.74) is 1.68. The maximum absolute atomic E-state index is 10.1. The fourth-order valence-corrected chi connectivity index (χ4v) is 0.828. The number of nitrogens with zero attached hydrogens (tertiary/aromatic N) is 1. The van der Waals surface area contributed by atoms with Gasteiger partial charge in [0.2, 0.25) is 0 Å². The first kappa shape index (κ1) is 7.72. The highest BCUT2D eigenvalue weighted by atomic mass is 16.3. The highest BCUT2D eigenvalue weighted by Gasteiger charge is 1.98. The van der Waals surface area contributed by atoms with Crippen molar-refractivity contribution in [3.63, 3.8) is 0 Å². The predicted molar refractivity (Wildman–Crippen MR) is 44.8 cm³/mol. The van der Waals surface area contributed by atoms with E-state index in [4.69, 9.17) is 0 Å². The second-order valence-corrected chi connectivity index (χ2v) is 2.54. The molecule has 0 bridgehead atoms. The minimum atomic E-state index is 0.593. The minimum absolute atomic E-state index is 0.593. The van der Waals surface area contributed by atoms with E-state index < -0.39 is 0 Å². The van der Waals surface area contributed by atoms with Gasteiger partial charge in [-0.2, -0.15) is 0 Å². The van der Waals surface area contributed by atoms with Crippen LogP contribution in [0.4, 0.5) is 11.4 Å². The molecular formula is C8H11N2O+. The van der Waals surface area contributed by atoms with Crippen molar-refractivity contribution in [1.82, 2.24) is 0 Å². The van der Waals surface area contributed by atoms with Gasteiger partial charge in [0.05, 0.1) is 0 Å². The molecule has 11 heavy (non-hydrogen) atoms. The highest BCUT2D eigenvalue weighted by Crippen LogP contribution is 2.11. The van der Waals surface area contributed by atoms with E-state index in [1.165, 1.54) is 0 Å². The van der Waals surface area contributed by atoms with Crippen molar-refractivity contribution >= 4 is 11.4 Å². The summed E-state index contributed by atoms with van der Waals surface area (Å²) >= 11 is 0. The van der Waals surface area contributed by atoms with Crippen molar-refractivity contribution in [3.05, 3.63) is 29.2 Å². The third kappa shape index (κ3) is 1.77. The van der Waals surface area contributed by atoms with Crippen LogP contribution in [0.2, 0.25) is 0 Å². The predicted octanol–water partition coefficient (Wildman–Crippen LogP) is 0.231. The molecule has 58 valence electrons. The maximum Gasteiger partial charge on any atom is 0.253 e. The van der Waals surface area contributed by atoms with Gasteiger partial charge in [-0.15, -0.1) is 0 Å². The lowest BCUT2D eigenvalue weighted by atomic mass is 10.3. The molecule has 0 amide bonds. The van der Waals surface area contributed by atoms with Crippen molar-refractivity contribution in [2.45, 2.75) is 0 Å². The zero-order valence-electron chi connectivity index (χ0n) is 6.66. The first-order chi connectivity index (χ1) is 5.24. The van der Waals surface area contributed by atoms with E-state index in [0.29, 0.717) is 5.69 Å². The third-order valence-corrected chi connectivity index (χ3v) is 1.50. The van der Waals surface area contributed by atoms with Gasteiger partial charge in [0, 0.05) is 42.0 Å². The van der Waals surface area contributed by atoms with Gasteiger partial charge in [0.15, 0.2) is 0 Å². The van der Waals surface area contributed by atoms with Crippen molar-refractivity contribution in [2.24, 2.45) is 0 Å². The molecule has 0 aliphatic rings. The Labute approximate surface area is 65.6 Å². The maximum atomic E-state index is 10.1. The summed E-state index contributed by atoms with van der Waals surface area (Å²) in [6.07, 6.45) is 0. The summed E-state index contributed by atoms with van der Waals surface area (Å²) in [5, 5.41) is 1.82. The van der Waals surface area contributed by atoms with Crippen LogP contribution in [-0.4, -0.2) is 14.1 Å². The van der Waals surface area contributed by atoms with Crippen molar-refractivity contribution in [3.8, 4) is 0 Å². The van der Waals surface area contributed by atoms with Crippen LogP contribution >= 0.6 is 0 Å². The molecule has 0 aliphatic heterocycles. The van der Waals surface area contributed by atoms with E-state index in [2.05, 4.69) is 0 Å². The smallest absolute Gasteiger partial charge is 0.253 e. The number of hydrogen-bond donors (Lipinski definition) is 1. The molecule has 0 fully saturated rings. The molecule has 0 aliphatic carbocycles. The Balaban J connectivity index is 2.91. The number of anilines is 1. The average molecular weight is 151 g/mol. The van der Waals surface area contributed by atoms with Crippen LogP contribution in [0.25, 0.3) is 0 Å². The average Bonchev–Trinajstić information content (AvgIpc) is 2.05. The van der Waals surface area contributed by atoms with E-state index in [1.54, 1.807) is 12.1 Å². The first-order valence-corrected chi connectivity index (χ1v) is 3.39. The van der Waals surface area contributed by atoms with Crippen molar-refractivity contribution < 1.29 is 5.18 Å². The van der Waals surface area contributed by atoms with Gasteiger partial charge in [0.1, 0.15) is 0 Å². The Bertz CT molecular complexity index is 241. The lowest BCUT2D eigenvalue weighted by Crippen LogP contribution is -2.55. The fraction of sp³-hybridized carbons (Fsp3) is 0.250. The number of benzene rings is 1. The molecule has 3 nitrogen and oxygen atoms in total. The van der Waals surface area contributed by atoms with Crippen LogP contribution in [0.1, 0.15) is 0 Å². The molecule has 1 aromatic carbocycles. The Kier molecular flexibility index (Phi) is 2.21. The lowest BCUT2D eigenvalue weighted by Gasteiger charge is -2.10.